The zero-order valence-corrected chi connectivity index (χ0v) is 17.4. The van der Waals surface area contributed by atoms with E-state index in [0.29, 0.717) is 24.5 Å². The van der Waals surface area contributed by atoms with Crippen molar-refractivity contribution < 1.29 is 17.6 Å². The van der Waals surface area contributed by atoms with Gasteiger partial charge in [0.05, 0.1) is 12.1 Å². The Balaban J connectivity index is 1.57. The van der Waals surface area contributed by atoms with Crippen LogP contribution in [0.3, 0.4) is 0 Å². The van der Waals surface area contributed by atoms with Gasteiger partial charge in [0.2, 0.25) is 0 Å². The Bertz CT molecular complexity index is 1250. The van der Waals surface area contributed by atoms with Crippen molar-refractivity contribution >= 4 is 5.69 Å². The Labute approximate surface area is 187 Å². The Kier molecular flexibility index (Phi) is 5.32. The second-order valence-corrected chi connectivity index (χ2v) is 7.92. The molecule has 1 aliphatic rings. The van der Waals surface area contributed by atoms with Crippen LogP contribution in [0.5, 0.6) is 0 Å². The Morgan fingerprint density at radius 3 is 2.36 bits per heavy atom. The molecule has 0 saturated heterocycles. The van der Waals surface area contributed by atoms with Gasteiger partial charge in [0, 0.05) is 12.2 Å². The van der Waals surface area contributed by atoms with Gasteiger partial charge in [-0.1, -0.05) is 42.5 Å². The number of benzene rings is 3. The molecule has 0 radical (unpaired) electrons. The first kappa shape index (κ1) is 21.1. The van der Waals surface area contributed by atoms with E-state index in [-0.39, 0.29) is 5.82 Å². The van der Waals surface area contributed by atoms with Crippen molar-refractivity contribution in [2.75, 3.05) is 11.4 Å². The van der Waals surface area contributed by atoms with E-state index in [9.17, 15) is 17.6 Å². The van der Waals surface area contributed by atoms with Crippen LogP contribution < -0.4 is 4.90 Å². The average Bonchev–Trinajstić information content (AvgIpc) is 3.43. The minimum absolute atomic E-state index is 0.301. The maximum Gasteiger partial charge on any atom is 0.416 e. The molecule has 5 nitrogen and oxygen atoms in total. The van der Waals surface area contributed by atoms with E-state index < -0.39 is 17.8 Å². The highest BCUT2D eigenvalue weighted by Crippen LogP contribution is 2.39. The van der Waals surface area contributed by atoms with Crippen LogP contribution >= 0.6 is 0 Å². The molecular formula is C24H19F4N5. The Morgan fingerprint density at radius 2 is 1.64 bits per heavy atom. The van der Waals surface area contributed by atoms with Crippen molar-refractivity contribution in [1.82, 2.24) is 20.2 Å². The lowest BCUT2D eigenvalue weighted by Gasteiger charge is -2.30. The average molecular weight is 453 g/mol. The maximum atomic E-state index is 13.3. The molecule has 1 aliphatic heterocycles. The third kappa shape index (κ3) is 4.18. The summed E-state index contributed by atoms with van der Waals surface area (Å²) in [5.74, 6) is 0.155. The van der Waals surface area contributed by atoms with Gasteiger partial charge in [-0.05, 0) is 63.9 Å². The monoisotopic (exact) mass is 453 g/mol. The fraction of sp³-hybridized carbons (Fsp3) is 0.208. The first-order valence-corrected chi connectivity index (χ1v) is 10.4. The third-order valence-corrected chi connectivity index (χ3v) is 5.84. The molecule has 4 aromatic rings. The number of rotatable bonds is 5. The highest BCUT2D eigenvalue weighted by Gasteiger charge is 2.34. The van der Waals surface area contributed by atoms with Gasteiger partial charge in [-0.2, -0.15) is 13.2 Å². The van der Waals surface area contributed by atoms with Gasteiger partial charge in [0.15, 0.2) is 5.82 Å². The lowest BCUT2D eigenvalue weighted by molar-refractivity contribution is -0.137. The van der Waals surface area contributed by atoms with Crippen LogP contribution in [-0.2, 0) is 19.1 Å². The van der Waals surface area contributed by atoms with Crippen LogP contribution in [0.4, 0.5) is 23.2 Å². The molecule has 5 rings (SSSR count). The summed E-state index contributed by atoms with van der Waals surface area (Å²) in [4.78, 5) is 2.12. The van der Waals surface area contributed by atoms with Gasteiger partial charge in [0.1, 0.15) is 11.9 Å². The summed E-state index contributed by atoms with van der Waals surface area (Å²) in [6.07, 6.45) is -3.61. The van der Waals surface area contributed by atoms with Gasteiger partial charge in [-0.25, -0.2) is 9.07 Å². The minimum Gasteiger partial charge on any atom is -0.357 e. The molecule has 3 aromatic carbocycles. The zero-order valence-electron chi connectivity index (χ0n) is 17.4. The lowest BCUT2D eigenvalue weighted by Crippen LogP contribution is -2.30. The molecule has 33 heavy (non-hydrogen) atoms. The van der Waals surface area contributed by atoms with Gasteiger partial charge in [0.25, 0.3) is 0 Å². The highest BCUT2D eigenvalue weighted by atomic mass is 19.4. The SMILES string of the molecule is Fc1ccc(Cn2nnnc2[C@@H](c2ccc(C(F)(F)F)cc2)N2CCc3ccccc32)cc1. The quantitative estimate of drug-likeness (QED) is 0.398. The van der Waals surface area contributed by atoms with E-state index in [2.05, 4.69) is 20.4 Å². The number of halogens is 4. The van der Waals surface area contributed by atoms with Crippen LogP contribution in [-0.4, -0.2) is 26.8 Å². The summed E-state index contributed by atoms with van der Waals surface area (Å²) in [5, 5.41) is 12.2. The van der Waals surface area contributed by atoms with E-state index in [0.717, 1.165) is 35.4 Å². The number of tetrazole rings is 1. The van der Waals surface area contributed by atoms with Crippen molar-refractivity contribution in [3.63, 3.8) is 0 Å². The van der Waals surface area contributed by atoms with Gasteiger partial charge in [-0.15, -0.1) is 5.10 Å². The number of hydrogen-bond donors (Lipinski definition) is 0. The fourth-order valence-corrected chi connectivity index (χ4v) is 4.24. The standard InChI is InChI=1S/C24H19F4N5/c25-20-11-5-16(6-12-20)15-33-23(29-30-31-33)22(18-7-9-19(10-8-18)24(26,27)28)32-14-13-17-3-1-2-4-21(17)32/h1-12,22H,13-15H2/t22-/m1/s1. The molecule has 0 fully saturated rings. The number of anilines is 1. The summed E-state index contributed by atoms with van der Waals surface area (Å²) in [6, 6.07) is 18.6. The Morgan fingerprint density at radius 1 is 0.909 bits per heavy atom. The maximum absolute atomic E-state index is 13.3. The summed E-state index contributed by atoms with van der Waals surface area (Å²) in [5.41, 5.74) is 2.90. The number of nitrogens with zero attached hydrogens (tertiary/aromatic N) is 5. The normalized spacial score (nSPS) is 14.4. The summed E-state index contributed by atoms with van der Waals surface area (Å²) in [6.45, 7) is 0.976. The summed E-state index contributed by atoms with van der Waals surface area (Å²) >= 11 is 0. The second-order valence-electron chi connectivity index (χ2n) is 7.92. The van der Waals surface area contributed by atoms with Gasteiger partial charge >= 0.3 is 6.18 Å². The third-order valence-electron chi connectivity index (χ3n) is 5.84. The van der Waals surface area contributed by atoms with Crippen LogP contribution in [0.2, 0.25) is 0 Å². The first-order chi connectivity index (χ1) is 15.9. The molecule has 0 spiro atoms. The predicted molar refractivity (Wildman–Crippen MR) is 114 cm³/mol. The topological polar surface area (TPSA) is 46.8 Å². The van der Waals surface area contributed by atoms with Crippen LogP contribution in [0, 0.1) is 5.82 Å². The second kappa shape index (κ2) is 8.31. The molecule has 168 valence electrons. The van der Waals surface area contributed by atoms with E-state index in [1.807, 2.05) is 24.3 Å². The van der Waals surface area contributed by atoms with Crippen molar-refractivity contribution in [3.8, 4) is 0 Å². The van der Waals surface area contributed by atoms with E-state index in [4.69, 9.17) is 0 Å². The fourth-order valence-electron chi connectivity index (χ4n) is 4.24. The molecule has 0 N–H and O–H groups in total. The molecule has 9 heteroatoms. The molecule has 0 amide bonds. The smallest absolute Gasteiger partial charge is 0.357 e. The van der Waals surface area contributed by atoms with Crippen molar-refractivity contribution in [2.45, 2.75) is 25.2 Å². The number of hydrogen-bond acceptors (Lipinski definition) is 4. The largest absolute Gasteiger partial charge is 0.416 e. The number of alkyl halides is 3. The highest BCUT2D eigenvalue weighted by molar-refractivity contribution is 5.60. The molecule has 0 aliphatic carbocycles. The van der Waals surface area contributed by atoms with Gasteiger partial charge < -0.3 is 4.90 Å². The molecule has 0 unspecified atom stereocenters. The number of aromatic nitrogens is 4. The van der Waals surface area contributed by atoms with Crippen molar-refractivity contribution in [1.29, 1.82) is 0 Å². The van der Waals surface area contributed by atoms with Crippen molar-refractivity contribution in [2.24, 2.45) is 0 Å². The first-order valence-electron chi connectivity index (χ1n) is 10.4. The molecule has 0 bridgehead atoms. The predicted octanol–water partition coefficient (Wildman–Crippen LogP) is 5.03. The molecule has 1 atom stereocenters. The summed E-state index contributed by atoms with van der Waals surface area (Å²) < 4.78 is 54.4. The molecule has 0 saturated carbocycles. The summed E-state index contributed by atoms with van der Waals surface area (Å²) in [7, 11) is 0. The minimum atomic E-state index is -4.42. The molecular weight excluding hydrogens is 434 g/mol. The Hall–Kier alpha value is -3.75. The molecule has 1 aromatic heterocycles. The van der Waals surface area contributed by atoms with Crippen LogP contribution in [0.1, 0.15) is 34.1 Å². The van der Waals surface area contributed by atoms with Gasteiger partial charge in [-0.3, -0.25) is 0 Å². The van der Waals surface area contributed by atoms with Crippen molar-refractivity contribution in [3.05, 3.63) is 107 Å². The zero-order chi connectivity index (χ0) is 23.0. The van der Waals surface area contributed by atoms with E-state index >= 15 is 0 Å². The number of para-hydroxylation sites is 1. The molecule has 2 heterocycles. The van der Waals surface area contributed by atoms with Crippen LogP contribution in [0.15, 0.2) is 72.8 Å². The van der Waals surface area contributed by atoms with Crippen LogP contribution in [0.25, 0.3) is 0 Å². The lowest BCUT2D eigenvalue weighted by atomic mass is 10.0. The van der Waals surface area contributed by atoms with E-state index in [1.165, 1.54) is 24.3 Å². The number of fused-ring (bicyclic) bond motifs is 1. The van der Waals surface area contributed by atoms with E-state index in [1.54, 1.807) is 16.8 Å².